The van der Waals surface area contributed by atoms with Crippen molar-refractivity contribution in [3.63, 3.8) is 0 Å². The third kappa shape index (κ3) is 5.24. The van der Waals surface area contributed by atoms with Crippen LogP contribution >= 0.6 is 0 Å². The Bertz CT molecular complexity index is 942. The summed E-state index contributed by atoms with van der Waals surface area (Å²) in [6, 6.07) is 12.7. The lowest BCUT2D eigenvalue weighted by Gasteiger charge is -2.36. The third-order valence-electron chi connectivity index (χ3n) is 4.81. The van der Waals surface area contributed by atoms with Gasteiger partial charge < -0.3 is 15.0 Å². The van der Waals surface area contributed by atoms with Gasteiger partial charge in [-0.3, -0.25) is 4.79 Å². The summed E-state index contributed by atoms with van der Waals surface area (Å²) < 4.78 is 44.9. The van der Waals surface area contributed by atoms with Gasteiger partial charge in [-0.2, -0.15) is 4.31 Å². The van der Waals surface area contributed by atoms with Crippen LogP contribution in [0.1, 0.15) is 10.4 Å². The van der Waals surface area contributed by atoms with Gasteiger partial charge in [0.15, 0.2) is 0 Å². The van der Waals surface area contributed by atoms with Crippen molar-refractivity contribution >= 4 is 21.6 Å². The van der Waals surface area contributed by atoms with Crippen LogP contribution in [0.4, 0.5) is 10.1 Å². The largest absolute Gasteiger partial charge is 0.495 e. The quantitative estimate of drug-likeness (QED) is 0.737. The van der Waals surface area contributed by atoms with E-state index in [9.17, 15) is 17.6 Å². The van der Waals surface area contributed by atoms with E-state index < -0.39 is 21.7 Å². The fourth-order valence-corrected chi connectivity index (χ4v) is 4.56. The molecule has 0 aromatic heterocycles. The second kappa shape index (κ2) is 9.23. The standard InChI is InChI=1S/C20H24FN3O4S/c1-28-19-5-3-2-4-18(19)23-11-13-24(14-12-23)29(26,27)15-10-22-20(25)16-6-8-17(21)9-7-16/h2-9H,10-15H2,1H3,(H,22,25). The molecule has 2 aromatic rings. The number of sulfonamides is 1. The zero-order valence-electron chi connectivity index (χ0n) is 16.2. The molecule has 0 unspecified atom stereocenters. The Kier molecular flexibility index (Phi) is 6.71. The van der Waals surface area contributed by atoms with Crippen molar-refractivity contribution < 1.29 is 22.3 Å². The Morgan fingerprint density at radius 2 is 1.72 bits per heavy atom. The van der Waals surface area contributed by atoms with Crippen molar-refractivity contribution in [1.82, 2.24) is 9.62 Å². The minimum absolute atomic E-state index is 0.00867. The first-order chi connectivity index (χ1) is 13.9. The number of piperazine rings is 1. The van der Waals surface area contributed by atoms with E-state index in [4.69, 9.17) is 4.74 Å². The molecular weight excluding hydrogens is 397 g/mol. The molecule has 1 fully saturated rings. The second-order valence-corrected chi connectivity index (χ2v) is 8.73. The molecular formula is C20H24FN3O4S. The second-order valence-electron chi connectivity index (χ2n) is 6.64. The van der Waals surface area contributed by atoms with E-state index in [0.717, 1.165) is 11.4 Å². The molecule has 1 aliphatic rings. The Labute approximate surface area is 170 Å². The van der Waals surface area contributed by atoms with Crippen LogP contribution in [0.3, 0.4) is 0 Å². The SMILES string of the molecule is COc1ccccc1N1CCN(S(=O)(=O)CCNC(=O)c2ccc(F)cc2)CC1. The normalized spacial score (nSPS) is 15.2. The predicted molar refractivity (Wildman–Crippen MR) is 109 cm³/mol. The highest BCUT2D eigenvalue weighted by atomic mass is 32.2. The average molecular weight is 421 g/mol. The molecule has 156 valence electrons. The summed E-state index contributed by atoms with van der Waals surface area (Å²) >= 11 is 0. The van der Waals surface area contributed by atoms with Crippen molar-refractivity contribution in [2.75, 3.05) is 50.5 Å². The summed E-state index contributed by atoms with van der Waals surface area (Å²) in [5.41, 5.74) is 1.23. The highest BCUT2D eigenvalue weighted by Crippen LogP contribution is 2.28. The Morgan fingerprint density at radius 3 is 2.38 bits per heavy atom. The van der Waals surface area contributed by atoms with E-state index in [0.29, 0.717) is 26.2 Å². The van der Waals surface area contributed by atoms with Gasteiger partial charge in [0.1, 0.15) is 11.6 Å². The van der Waals surface area contributed by atoms with Gasteiger partial charge in [-0.25, -0.2) is 12.8 Å². The lowest BCUT2D eigenvalue weighted by Crippen LogP contribution is -2.50. The molecule has 0 aliphatic carbocycles. The Balaban J connectivity index is 1.50. The summed E-state index contributed by atoms with van der Waals surface area (Å²) in [7, 11) is -1.88. The molecule has 0 atom stereocenters. The van der Waals surface area contributed by atoms with Crippen molar-refractivity contribution in [2.45, 2.75) is 0 Å². The lowest BCUT2D eigenvalue weighted by molar-refractivity contribution is 0.0956. The Morgan fingerprint density at radius 1 is 1.07 bits per heavy atom. The maximum Gasteiger partial charge on any atom is 0.251 e. The number of ether oxygens (including phenoxy) is 1. The summed E-state index contributed by atoms with van der Waals surface area (Å²) in [6.07, 6.45) is 0. The molecule has 0 spiro atoms. The molecule has 0 radical (unpaired) electrons. The number of amides is 1. The minimum atomic E-state index is -3.49. The van der Waals surface area contributed by atoms with Crippen molar-refractivity contribution in [2.24, 2.45) is 0 Å². The van der Waals surface area contributed by atoms with Crippen molar-refractivity contribution in [1.29, 1.82) is 0 Å². The van der Waals surface area contributed by atoms with Crippen LogP contribution in [0.25, 0.3) is 0 Å². The molecule has 0 saturated carbocycles. The molecule has 1 amide bonds. The number of benzene rings is 2. The van der Waals surface area contributed by atoms with Gasteiger partial charge >= 0.3 is 0 Å². The monoisotopic (exact) mass is 421 g/mol. The number of anilines is 1. The van der Waals surface area contributed by atoms with Gasteiger partial charge in [0.25, 0.3) is 5.91 Å². The van der Waals surface area contributed by atoms with Crippen molar-refractivity contribution in [3.05, 3.63) is 59.9 Å². The van der Waals surface area contributed by atoms with Crippen LogP contribution in [-0.4, -0.2) is 64.2 Å². The van der Waals surface area contributed by atoms with E-state index in [-0.39, 0.29) is 17.9 Å². The number of hydrogen-bond donors (Lipinski definition) is 1. The summed E-state index contributed by atoms with van der Waals surface area (Å²) in [4.78, 5) is 14.1. The lowest BCUT2D eigenvalue weighted by atomic mass is 10.2. The zero-order valence-corrected chi connectivity index (χ0v) is 17.0. The zero-order chi connectivity index (χ0) is 20.9. The number of carbonyl (C=O) groups excluding carboxylic acids is 1. The molecule has 9 heteroatoms. The van der Waals surface area contributed by atoms with E-state index in [1.54, 1.807) is 7.11 Å². The van der Waals surface area contributed by atoms with Crippen LogP contribution in [0.5, 0.6) is 5.75 Å². The number of hydrogen-bond acceptors (Lipinski definition) is 5. The molecule has 1 aliphatic heterocycles. The van der Waals surface area contributed by atoms with Gasteiger partial charge in [0.05, 0.1) is 18.6 Å². The number of carbonyl (C=O) groups is 1. The highest BCUT2D eigenvalue weighted by Gasteiger charge is 2.27. The predicted octanol–water partition coefficient (Wildman–Crippen LogP) is 1.72. The summed E-state index contributed by atoms with van der Waals surface area (Å²) in [5, 5.41) is 2.57. The first-order valence-corrected chi connectivity index (χ1v) is 10.9. The van der Waals surface area contributed by atoms with E-state index >= 15 is 0 Å². The molecule has 1 heterocycles. The fourth-order valence-electron chi connectivity index (χ4n) is 3.22. The van der Waals surface area contributed by atoms with Crippen LogP contribution in [0.2, 0.25) is 0 Å². The van der Waals surface area contributed by atoms with Gasteiger partial charge in [-0.05, 0) is 36.4 Å². The van der Waals surface area contributed by atoms with Gasteiger partial charge in [-0.15, -0.1) is 0 Å². The van der Waals surface area contributed by atoms with Gasteiger partial charge in [0, 0.05) is 38.3 Å². The average Bonchev–Trinajstić information content (AvgIpc) is 2.74. The molecule has 3 rings (SSSR count). The van der Waals surface area contributed by atoms with Crippen molar-refractivity contribution in [3.8, 4) is 5.75 Å². The minimum Gasteiger partial charge on any atom is -0.495 e. The molecule has 2 aromatic carbocycles. The molecule has 0 bridgehead atoms. The first kappa shape index (κ1) is 21.1. The number of nitrogens with one attached hydrogen (secondary N) is 1. The molecule has 1 saturated heterocycles. The first-order valence-electron chi connectivity index (χ1n) is 9.30. The molecule has 1 N–H and O–H groups in total. The van der Waals surface area contributed by atoms with Gasteiger partial charge in [-0.1, -0.05) is 12.1 Å². The number of para-hydroxylation sites is 2. The highest BCUT2D eigenvalue weighted by molar-refractivity contribution is 7.89. The molecule has 29 heavy (non-hydrogen) atoms. The fraction of sp³-hybridized carbons (Fsp3) is 0.350. The van der Waals surface area contributed by atoms with Crippen LogP contribution in [0, 0.1) is 5.82 Å². The van der Waals surface area contributed by atoms with E-state index in [2.05, 4.69) is 10.2 Å². The summed E-state index contributed by atoms with van der Waals surface area (Å²) in [5.74, 6) is -0.292. The topological polar surface area (TPSA) is 79.0 Å². The number of halogens is 1. The smallest absolute Gasteiger partial charge is 0.251 e. The van der Waals surface area contributed by atoms with Crippen LogP contribution in [-0.2, 0) is 10.0 Å². The maximum atomic E-state index is 12.9. The third-order valence-corrected chi connectivity index (χ3v) is 6.68. The number of methoxy groups -OCH3 is 1. The summed E-state index contributed by atoms with van der Waals surface area (Å²) in [6.45, 7) is 1.84. The van der Waals surface area contributed by atoms with E-state index in [1.807, 2.05) is 24.3 Å². The molecule has 7 nitrogen and oxygen atoms in total. The van der Waals surface area contributed by atoms with E-state index in [1.165, 1.54) is 28.6 Å². The Hall–Kier alpha value is -2.65. The maximum absolute atomic E-state index is 12.9. The number of nitrogens with zero attached hydrogens (tertiary/aromatic N) is 2. The van der Waals surface area contributed by atoms with Crippen LogP contribution < -0.4 is 15.0 Å². The van der Waals surface area contributed by atoms with Crippen LogP contribution in [0.15, 0.2) is 48.5 Å². The van der Waals surface area contributed by atoms with Gasteiger partial charge in [0.2, 0.25) is 10.0 Å². The number of rotatable bonds is 7.